The van der Waals surface area contributed by atoms with Crippen LogP contribution in [0.1, 0.15) is 28.5 Å². The maximum absolute atomic E-state index is 5.12. The van der Waals surface area contributed by atoms with E-state index in [1.807, 2.05) is 11.3 Å². The fraction of sp³-hybridized carbons (Fsp3) is 0.190. The van der Waals surface area contributed by atoms with Crippen molar-refractivity contribution < 1.29 is 0 Å². The van der Waals surface area contributed by atoms with E-state index in [0.29, 0.717) is 12.0 Å². The molecule has 118 valence electrons. The van der Waals surface area contributed by atoms with Crippen LogP contribution in [-0.2, 0) is 6.42 Å². The van der Waals surface area contributed by atoms with Crippen LogP contribution < -0.4 is 5.01 Å². The maximum Gasteiger partial charge on any atom is 0.0951 e. The number of hydrazone groups is 1. The first-order valence-electron chi connectivity index (χ1n) is 8.46. The standard InChI is InChI=1S/C21H18N2S/c1-2-8-16(9-3-1)23-21(19-11-6-14-24-19)18-13-12-15-7-4-5-10-17(15)20(18)22-23/h1-11,14,18,21H,12-13H2/t18-,21+/m0/s1. The molecule has 0 N–H and O–H groups in total. The minimum absolute atomic E-state index is 0.316. The van der Waals surface area contributed by atoms with Gasteiger partial charge in [0.15, 0.2) is 0 Å². The number of para-hydroxylation sites is 1. The van der Waals surface area contributed by atoms with Crippen LogP contribution in [0.4, 0.5) is 5.69 Å². The van der Waals surface area contributed by atoms with Crippen molar-refractivity contribution in [3.8, 4) is 0 Å². The van der Waals surface area contributed by atoms with Crippen LogP contribution in [0.2, 0.25) is 0 Å². The van der Waals surface area contributed by atoms with Crippen molar-refractivity contribution in [2.24, 2.45) is 11.0 Å². The van der Waals surface area contributed by atoms with Crippen LogP contribution in [0.15, 0.2) is 77.2 Å². The largest absolute Gasteiger partial charge is 0.256 e. The van der Waals surface area contributed by atoms with Crippen molar-refractivity contribution in [1.29, 1.82) is 0 Å². The van der Waals surface area contributed by atoms with E-state index in [2.05, 4.69) is 77.1 Å². The predicted molar refractivity (Wildman–Crippen MR) is 101 cm³/mol. The molecule has 5 rings (SSSR count). The predicted octanol–water partition coefficient (Wildman–Crippen LogP) is 5.28. The maximum atomic E-state index is 5.12. The number of thiophene rings is 1. The highest BCUT2D eigenvalue weighted by Gasteiger charge is 2.42. The van der Waals surface area contributed by atoms with Gasteiger partial charge < -0.3 is 0 Å². The van der Waals surface area contributed by atoms with Gasteiger partial charge in [-0.15, -0.1) is 11.3 Å². The Morgan fingerprint density at radius 2 is 1.75 bits per heavy atom. The first-order valence-corrected chi connectivity index (χ1v) is 9.34. The second kappa shape index (κ2) is 5.60. The van der Waals surface area contributed by atoms with Gasteiger partial charge in [0.2, 0.25) is 0 Å². The summed E-state index contributed by atoms with van der Waals surface area (Å²) in [4.78, 5) is 1.40. The van der Waals surface area contributed by atoms with Crippen LogP contribution in [0.3, 0.4) is 0 Å². The SMILES string of the molecule is c1ccc(N2N=C3c4ccccc4CC[C@@H]3[C@@H]2c2cccs2)cc1. The highest BCUT2D eigenvalue weighted by atomic mass is 32.1. The number of rotatable bonds is 2. The van der Waals surface area contributed by atoms with Crippen molar-refractivity contribution >= 4 is 22.7 Å². The molecule has 0 bridgehead atoms. The van der Waals surface area contributed by atoms with Gasteiger partial charge in [0, 0.05) is 16.4 Å². The van der Waals surface area contributed by atoms with Crippen molar-refractivity contribution in [3.63, 3.8) is 0 Å². The average molecular weight is 330 g/mol. The lowest BCUT2D eigenvalue weighted by Gasteiger charge is -2.29. The van der Waals surface area contributed by atoms with Gasteiger partial charge in [-0.1, -0.05) is 48.5 Å². The number of anilines is 1. The molecule has 2 nitrogen and oxygen atoms in total. The molecule has 0 radical (unpaired) electrons. The molecule has 2 aliphatic rings. The Bertz CT molecular complexity index is 883. The Labute approximate surface area is 146 Å². The molecule has 0 fully saturated rings. The van der Waals surface area contributed by atoms with Crippen LogP contribution in [0.25, 0.3) is 0 Å². The van der Waals surface area contributed by atoms with Crippen LogP contribution >= 0.6 is 11.3 Å². The lowest BCUT2D eigenvalue weighted by Crippen LogP contribution is -2.28. The topological polar surface area (TPSA) is 15.6 Å². The van der Waals surface area contributed by atoms with Gasteiger partial charge >= 0.3 is 0 Å². The summed E-state index contributed by atoms with van der Waals surface area (Å²) in [6.45, 7) is 0. The van der Waals surface area contributed by atoms with Crippen LogP contribution in [0.5, 0.6) is 0 Å². The van der Waals surface area contributed by atoms with Crippen molar-refractivity contribution in [3.05, 3.63) is 88.1 Å². The summed E-state index contributed by atoms with van der Waals surface area (Å²) in [6.07, 6.45) is 2.31. The van der Waals surface area contributed by atoms with Crippen molar-refractivity contribution in [1.82, 2.24) is 0 Å². The molecule has 24 heavy (non-hydrogen) atoms. The van der Waals surface area contributed by atoms with Crippen LogP contribution in [0, 0.1) is 5.92 Å². The van der Waals surface area contributed by atoms with E-state index in [4.69, 9.17) is 5.10 Å². The Morgan fingerprint density at radius 3 is 2.58 bits per heavy atom. The first-order chi connectivity index (χ1) is 11.9. The van der Waals surface area contributed by atoms with E-state index in [0.717, 1.165) is 6.42 Å². The molecule has 0 saturated heterocycles. The molecule has 1 aliphatic carbocycles. The van der Waals surface area contributed by atoms with Crippen LogP contribution in [-0.4, -0.2) is 5.71 Å². The fourth-order valence-electron chi connectivity index (χ4n) is 4.00. The van der Waals surface area contributed by atoms with Gasteiger partial charge in [0.25, 0.3) is 0 Å². The average Bonchev–Trinajstić information content (AvgIpc) is 3.29. The molecule has 0 unspecified atom stereocenters. The Morgan fingerprint density at radius 1 is 0.917 bits per heavy atom. The Hall–Kier alpha value is -2.39. The summed E-state index contributed by atoms with van der Waals surface area (Å²) in [5.41, 5.74) is 5.22. The summed E-state index contributed by atoms with van der Waals surface area (Å²) in [5.74, 6) is 0.471. The summed E-state index contributed by atoms with van der Waals surface area (Å²) >= 11 is 1.84. The third kappa shape index (κ3) is 2.12. The fourth-order valence-corrected chi connectivity index (χ4v) is 4.87. The molecule has 2 aromatic carbocycles. The zero-order chi connectivity index (χ0) is 15.9. The normalized spacial score (nSPS) is 22.0. The summed E-state index contributed by atoms with van der Waals surface area (Å²) < 4.78 is 0. The van der Waals surface area contributed by atoms with E-state index >= 15 is 0 Å². The van der Waals surface area contributed by atoms with Gasteiger partial charge in [0.1, 0.15) is 0 Å². The van der Waals surface area contributed by atoms with Gasteiger partial charge in [-0.2, -0.15) is 5.10 Å². The second-order valence-corrected chi connectivity index (χ2v) is 7.41. The zero-order valence-corrected chi connectivity index (χ0v) is 14.1. The number of fused-ring (bicyclic) bond motifs is 3. The molecular weight excluding hydrogens is 312 g/mol. The third-order valence-corrected chi connectivity index (χ3v) is 6.03. The molecule has 0 spiro atoms. The Kier molecular flexibility index (Phi) is 3.27. The summed E-state index contributed by atoms with van der Waals surface area (Å²) in [5, 5.41) is 9.53. The van der Waals surface area contributed by atoms with E-state index in [1.165, 1.54) is 33.8 Å². The highest BCUT2D eigenvalue weighted by Crippen LogP contribution is 2.46. The quantitative estimate of drug-likeness (QED) is 0.624. The number of benzene rings is 2. The number of hydrogen-bond acceptors (Lipinski definition) is 3. The smallest absolute Gasteiger partial charge is 0.0951 e. The second-order valence-electron chi connectivity index (χ2n) is 6.43. The minimum atomic E-state index is 0.316. The highest BCUT2D eigenvalue weighted by molar-refractivity contribution is 7.10. The lowest BCUT2D eigenvalue weighted by molar-refractivity contribution is 0.516. The molecule has 1 aromatic heterocycles. The molecule has 1 aliphatic heterocycles. The number of aryl methyl sites for hydroxylation is 1. The molecule has 0 amide bonds. The molecule has 2 atom stereocenters. The van der Waals surface area contributed by atoms with Gasteiger partial charge in [-0.25, -0.2) is 0 Å². The molecule has 3 aromatic rings. The van der Waals surface area contributed by atoms with E-state index < -0.39 is 0 Å². The Balaban J connectivity index is 1.66. The van der Waals surface area contributed by atoms with Crippen molar-refractivity contribution in [2.45, 2.75) is 18.9 Å². The number of hydrogen-bond donors (Lipinski definition) is 0. The molecule has 0 saturated carbocycles. The molecule has 3 heteroatoms. The van der Waals surface area contributed by atoms with Crippen molar-refractivity contribution in [2.75, 3.05) is 5.01 Å². The van der Waals surface area contributed by atoms with Gasteiger partial charge in [0.05, 0.1) is 17.4 Å². The number of nitrogens with zero attached hydrogens (tertiary/aromatic N) is 2. The first kappa shape index (κ1) is 14.0. The molecular formula is C21H18N2S. The van der Waals surface area contributed by atoms with E-state index in [1.54, 1.807) is 0 Å². The molecule has 2 heterocycles. The third-order valence-electron chi connectivity index (χ3n) is 5.08. The van der Waals surface area contributed by atoms with Gasteiger partial charge in [-0.05, 0) is 42.0 Å². The van der Waals surface area contributed by atoms with Gasteiger partial charge in [-0.3, -0.25) is 5.01 Å². The summed E-state index contributed by atoms with van der Waals surface area (Å²) in [6, 6.07) is 24.1. The van der Waals surface area contributed by atoms with E-state index in [9.17, 15) is 0 Å². The summed E-state index contributed by atoms with van der Waals surface area (Å²) in [7, 11) is 0. The zero-order valence-electron chi connectivity index (χ0n) is 13.3. The minimum Gasteiger partial charge on any atom is -0.256 e. The monoisotopic (exact) mass is 330 g/mol. The lowest BCUT2D eigenvalue weighted by atomic mass is 9.79. The van der Waals surface area contributed by atoms with E-state index in [-0.39, 0.29) is 0 Å².